The molecule has 0 spiro atoms. The smallest absolute Gasteiger partial charge is 0.215 e. The van der Waals surface area contributed by atoms with Gasteiger partial charge < -0.3 is 15.0 Å². The molecular formula is C26H39N3O3S. The van der Waals surface area contributed by atoms with Crippen LogP contribution in [0.15, 0.2) is 42.6 Å². The number of sulfonamides is 1. The van der Waals surface area contributed by atoms with Gasteiger partial charge in [-0.3, -0.25) is 0 Å². The molecule has 0 fully saturated rings. The topological polar surface area (TPSA) is 85.4 Å². The first-order valence-electron chi connectivity index (χ1n) is 11.4. The van der Waals surface area contributed by atoms with E-state index in [-0.39, 0.29) is 5.75 Å². The fourth-order valence-electron chi connectivity index (χ4n) is 3.67. The molecule has 182 valence electrons. The lowest BCUT2D eigenvalue weighted by atomic mass is 9.94. The van der Waals surface area contributed by atoms with Gasteiger partial charge in [-0.1, -0.05) is 52.0 Å². The maximum absolute atomic E-state index is 11.6. The van der Waals surface area contributed by atoms with E-state index in [2.05, 4.69) is 42.3 Å². The molecule has 0 saturated carbocycles. The van der Waals surface area contributed by atoms with Gasteiger partial charge in [-0.25, -0.2) is 13.1 Å². The number of aromatic nitrogens is 1. The molecular weight excluding hydrogens is 434 g/mol. The number of hydrogen-bond acceptors (Lipinski definition) is 4. The van der Waals surface area contributed by atoms with Crippen LogP contribution in [0.4, 0.5) is 0 Å². The Bertz CT molecular complexity index is 1120. The lowest BCUT2D eigenvalue weighted by Gasteiger charge is -2.14. The molecule has 0 aliphatic rings. The molecule has 1 heterocycles. The molecule has 1 aromatic heterocycles. The van der Waals surface area contributed by atoms with Crippen LogP contribution in [0.2, 0.25) is 0 Å². The number of H-pyrrole nitrogens is 1. The fraction of sp³-hybridized carbons (Fsp3) is 0.462. The second-order valence-electron chi connectivity index (χ2n) is 9.30. The van der Waals surface area contributed by atoms with Crippen molar-refractivity contribution in [2.75, 3.05) is 27.7 Å². The summed E-state index contributed by atoms with van der Waals surface area (Å²) in [5.74, 6) is 1.27. The summed E-state index contributed by atoms with van der Waals surface area (Å²) in [5, 5.41) is 11.0. The van der Waals surface area contributed by atoms with Gasteiger partial charge in [-0.05, 0) is 73.8 Å². The lowest BCUT2D eigenvalue weighted by molar-refractivity contribution is 0.414. The molecule has 0 saturated heterocycles. The Labute approximate surface area is 199 Å². The average molecular weight is 474 g/mol. The number of phenols is 1. The Kier molecular flexibility index (Phi) is 9.52. The Morgan fingerprint density at radius 3 is 2.15 bits per heavy atom. The minimum Gasteiger partial charge on any atom is -0.507 e. The molecule has 0 radical (unpaired) electrons. The highest BCUT2D eigenvalue weighted by Crippen LogP contribution is 2.32. The number of hydrogen-bond donors (Lipinski definition) is 3. The van der Waals surface area contributed by atoms with Crippen molar-refractivity contribution < 1.29 is 13.5 Å². The van der Waals surface area contributed by atoms with Crippen LogP contribution in [-0.4, -0.2) is 51.1 Å². The number of phenolic OH excluding ortho intramolecular Hbond substituents is 1. The third-order valence-electron chi connectivity index (χ3n) is 5.67. The highest BCUT2D eigenvalue weighted by molar-refractivity contribution is 7.88. The van der Waals surface area contributed by atoms with E-state index in [1.807, 2.05) is 56.7 Å². The maximum Gasteiger partial charge on any atom is 0.215 e. The number of para-hydroxylation sites is 1. The Hall–Kier alpha value is -2.35. The first-order valence-corrected chi connectivity index (χ1v) is 13.1. The van der Waals surface area contributed by atoms with Crippen LogP contribution in [0, 0.1) is 0 Å². The van der Waals surface area contributed by atoms with E-state index < -0.39 is 10.0 Å². The maximum atomic E-state index is 11.6. The molecule has 0 unspecified atom stereocenters. The molecule has 6 nitrogen and oxygen atoms in total. The molecule has 2 aromatic carbocycles. The molecule has 0 atom stereocenters. The van der Waals surface area contributed by atoms with Crippen LogP contribution in [0.3, 0.4) is 0 Å². The normalized spacial score (nSPS) is 11.9. The quantitative estimate of drug-likeness (QED) is 0.432. The number of nitrogens with one attached hydrogen (secondary N) is 2. The first-order chi connectivity index (χ1) is 15.4. The highest BCUT2D eigenvalue weighted by atomic mass is 32.2. The summed E-state index contributed by atoms with van der Waals surface area (Å²) in [6.45, 7) is 9.35. The lowest BCUT2D eigenvalue weighted by Crippen LogP contribution is -2.20. The second-order valence-corrected chi connectivity index (χ2v) is 11.2. The van der Waals surface area contributed by atoms with Crippen LogP contribution in [0.5, 0.6) is 5.75 Å². The number of rotatable bonds is 8. The molecule has 33 heavy (non-hydrogen) atoms. The van der Waals surface area contributed by atoms with Gasteiger partial charge in [0.1, 0.15) is 5.75 Å². The third kappa shape index (κ3) is 7.59. The number of aromatic hydroxyl groups is 1. The summed E-state index contributed by atoms with van der Waals surface area (Å²) in [5.41, 5.74) is 5.16. The summed E-state index contributed by atoms with van der Waals surface area (Å²) in [6.07, 6.45) is 2.94. The van der Waals surface area contributed by atoms with Crippen molar-refractivity contribution in [3.05, 3.63) is 64.8 Å². The van der Waals surface area contributed by atoms with Crippen molar-refractivity contribution in [3.8, 4) is 5.75 Å². The van der Waals surface area contributed by atoms with Gasteiger partial charge in [0.05, 0.1) is 5.75 Å². The Morgan fingerprint density at radius 1 is 1.03 bits per heavy atom. The highest BCUT2D eigenvalue weighted by Gasteiger charge is 2.12. The minimum atomic E-state index is -3.23. The summed E-state index contributed by atoms with van der Waals surface area (Å²) in [4.78, 5) is 5.37. The molecule has 0 aliphatic heterocycles. The van der Waals surface area contributed by atoms with E-state index in [9.17, 15) is 13.5 Å². The zero-order valence-corrected chi connectivity index (χ0v) is 21.8. The third-order valence-corrected chi connectivity index (χ3v) is 7.01. The molecule has 0 aliphatic carbocycles. The van der Waals surface area contributed by atoms with Crippen molar-refractivity contribution in [2.24, 2.45) is 0 Å². The van der Waals surface area contributed by atoms with Crippen LogP contribution in [0.25, 0.3) is 10.9 Å². The van der Waals surface area contributed by atoms with Gasteiger partial charge in [-0.2, -0.15) is 0 Å². The second kappa shape index (κ2) is 11.7. The van der Waals surface area contributed by atoms with E-state index in [0.717, 1.165) is 40.6 Å². The summed E-state index contributed by atoms with van der Waals surface area (Å²) >= 11 is 0. The zero-order chi connectivity index (χ0) is 24.8. The summed E-state index contributed by atoms with van der Waals surface area (Å²) in [7, 11) is 2.29. The van der Waals surface area contributed by atoms with E-state index in [1.165, 1.54) is 12.6 Å². The van der Waals surface area contributed by atoms with Gasteiger partial charge in [0.25, 0.3) is 0 Å². The minimum absolute atomic E-state index is 0.0116. The summed E-state index contributed by atoms with van der Waals surface area (Å²) < 4.78 is 25.6. The largest absolute Gasteiger partial charge is 0.507 e. The predicted octanol–water partition coefficient (Wildman–Crippen LogP) is 4.96. The first kappa shape index (κ1) is 26.9. The van der Waals surface area contributed by atoms with Crippen molar-refractivity contribution in [1.82, 2.24) is 14.6 Å². The van der Waals surface area contributed by atoms with Gasteiger partial charge >= 0.3 is 0 Å². The van der Waals surface area contributed by atoms with Crippen molar-refractivity contribution >= 4 is 20.9 Å². The number of nitrogens with zero attached hydrogens (tertiary/aromatic N) is 1. The van der Waals surface area contributed by atoms with Crippen molar-refractivity contribution in [1.29, 1.82) is 0 Å². The van der Waals surface area contributed by atoms with Crippen LogP contribution in [0.1, 0.15) is 61.8 Å². The number of fused-ring (bicyclic) bond motifs is 1. The monoisotopic (exact) mass is 473 g/mol. The van der Waals surface area contributed by atoms with Gasteiger partial charge in [-0.15, -0.1) is 0 Å². The molecule has 0 bridgehead atoms. The van der Waals surface area contributed by atoms with Gasteiger partial charge in [0.15, 0.2) is 0 Å². The van der Waals surface area contributed by atoms with E-state index in [4.69, 9.17) is 0 Å². The predicted molar refractivity (Wildman–Crippen MR) is 139 cm³/mol. The number of aromatic amines is 1. The van der Waals surface area contributed by atoms with Crippen LogP contribution >= 0.6 is 0 Å². The SMILES string of the molecule is CC(C)c1cccc(C(C)C)c1O.CNS(=O)(=O)Cc1ccc2[nH]cc(CCN(C)C)c2c1. The van der Waals surface area contributed by atoms with Crippen molar-refractivity contribution in [3.63, 3.8) is 0 Å². The van der Waals surface area contributed by atoms with Crippen LogP contribution < -0.4 is 4.72 Å². The van der Waals surface area contributed by atoms with E-state index in [0.29, 0.717) is 17.6 Å². The Morgan fingerprint density at radius 2 is 1.64 bits per heavy atom. The molecule has 3 aromatic rings. The number of likely N-dealkylation sites (N-methyl/N-ethyl adjacent to an activating group) is 1. The van der Waals surface area contributed by atoms with Gasteiger partial charge in [0.2, 0.25) is 10.0 Å². The number of benzene rings is 2. The van der Waals surface area contributed by atoms with E-state index in [1.54, 1.807) is 0 Å². The van der Waals surface area contributed by atoms with Gasteiger partial charge in [0, 0.05) is 23.6 Å². The molecule has 7 heteroatoms. The van der Waals surface area contributed by atoms with E-state index >= 15 is 0 Å². The van der Waals surface area contributed by atoms with Crippen LogP contribution in [-0.2, 0) is 22.2 Å². The summed E-state index contributed by atoms with van der Waals surface area (Å²) in [6, 6.07) is 11.8. The van der Waals surface area contributed by atoms with Crippen molar-refractivity contribution in [2.45, 2.75) is 51.7 Å². The zero-order valence-electron chi connectivity index (χ0n) is 20.9. The molecule has 0 amide bonds. The molecule has 3 rings (SSSR count). The standard InChI is InChI=1S/C14H21N3O2S.C12H18O/c1-15-20(18,19)10-11-4-5-14-13(8-11)12(9-16-14)6-7-17(2)3;1-8(2)10-6-5-7-11(9(3)4)12(10)13/h4-5,8-9,15-16H,6-7,10H2,1-3H3;5-9,13H,1-4H3. The fourth-order valence-corrected chi connectivity index (χ4v) is 4.43. The average Bonchev–Trinajstić information content (AvgIpc) is 3.14. The molecule has 3 N–H and O–H groups in total. The Balaban J connectivity index is 0.000000257.